The fraction of sp³-hybridized carbons (Fsp3) is 0.0800. The van der Waals surface area contributed by atoms with Crippen LogP contribution in [0.5, 0.6) is 11.5 Å². The third-order valence-corrected chi connectivity index (χ3v) is 5.59. The first-order valence-electron chi connectivity index (χ1n) is 10.2. The van der Waals surface area contributed by atoms with Crippen LogP contribution in [0.2, 0.25) is 0 Å². The summed E-state index contributed by atoms with van der Waals surface area (Å²) >= 11 is 0. The molecule has 2 N–H and O–H groups in total. The summed E-state index contributed by atoms with van der Waals surface area (Å²) < 4.78 is 5.28. The first-order chi connectivity index (χ1) is 16.8. The van der Waals surface area contributed by atoms with Crippen molar-refractivity contribution in [1.29, 1.82) is 5.26 Å². The van der Waals surface area contributed by atoms with Gasteiger partial charge >= 0.3 is 5.69 Å². The summed E-state index contributed by atoms with van der Waals surface area (Å²) in [5, 5.41) is 41.7. The van der Waals surface area contributed by atoms with Gasteiger partial charge in [-0.2, -0.15) is 5.26 Å². The van der Waals surface area contributed by atoms with Crippen molar-refractivity contribution in [3.8, 4) is 17.6 Å². The average molecular weight is 471 g/mol. The summed E-state index contributed by atoms with van der Waals surface area (Å²) in [7, 11) is 1.38. The molecule has 0 spiro atoms. The molecule has 1 heterocycles. The third kappa shape index (κ3) is 3.91. The summed E-state index contributed by atoms with van der Waals surface area (Å²) in [6, 6.07) is 16.3. The number of amides is 1. The van der Waals surface area contributed by atoms with Gasteiger partial charge in [0.25, 0.3) is 11.7 Å². The van der Waals surface area contributed by atoms with Gasteiger partial charge in [0.05, 0.1) is 40.8 Å². The Labute approximate surface area is 198 Å². The summed E-state index contributed by atoms with van der Waals surface area (Å²) in [6.45, 7) is 0. The molecule has 1 aliphatic rings. The fourth-order valence-electron chi connectivity index (χ4n) is 3.95. The van der Waals surface area contributed by atoms with Crippen LogP contribution >= 0.6 is 0 Å². The average Bonchev–Trinajstić information content (AvgIpc) is 3.14. The lowest BCUT2D eigenvalue weighted by molar-refractivity contribution is -0.385. The molecule has 3 aromatic carbocycles. The Balaban J connectivity index is 2.00. The van der Waals surface area contributed by atoms with Crippen LogP contribution in [0.4, 0.5) is 11.4 Å². The normalized spacial score (nSPS) is 16.7. The maximum absolute atomic E-state index is 13.2. The molecule has 0 saturated carbocycles. The lowest BCUT2D eigenvalue weighted by Gasteiger charge is -2.25. The second kappa shape index (κ2) is 8.99. The van der Waals surface area contributed by atoms with Crippen LogP contribution in [0.25, 0.3) is 5.76 Å². The highest BCUT2D eigenvalue weighted by Crippen LogP contribution is 2.44. The van der Waals surface area contributed by atoms with Crippen LogP contribution in [0, 0.1) is 21.4 Å². The van der Waals surface area contributed by atoms with E-state index in [4.69, 9.17) is 10.00 Å². The van der Waals surface area contributed by atoms with Crippen LogP contribution in [-0.2, 0) is 9.59 Å². The largest absolute Gasteiger partial charge is 0.507 e. The summed E-state index contributed by atoms with van der Waals surface area (Å²) in [6.07, 6.45) is 0. The van der Waals surface area contributed by atoms with Gasteiger partial charge in [-0.1, -0.05) is 18.2 Å². The molecule has 3 aromatic rings. The lowest BCUT2D eigenvalue weighted by Crippen LogP contribution is -2.29. The molecule has 10 nitrogen and oxygen atoms in total. The van der Waals surface area contributed by atoms with Gasteiger partial charge in [0.1, 0.15) is 11.5 Å². The van der Waals surface area contributed by atoms with Crippen molar-refractivity contribution >= 4 is 28.8 Å². The monoisotopic (exact) mass is 471 g/mol. The van der Waals surface area contributed by atoms with E-state index in [0.29, 0.717) is 5.56 Å². The van der Waals surface area contributed by atoms with Gasteiger partial charge in [-0.25, -0.2) is 0 Å². The quantitative estimate of drug-likeness (QED) is 0.187. The molecule has 1 fully saturated rings. The van der Waals surface area contributed by atoms with Crippen LogP contribution < -0.4 is 9.64 Å². The number of phenolic OH excluding ortho intramolecular Hbond substituents is 1. The molecule has 1 atom stereocenters. The number of hydrogen-bond acceptors (Lipinski definition) is 8. The number of ether oxygens (including phenoxy) is 1. The lowest BCUT2D eigenvalue weighted by atomic mass is 9.94. The molecular formula is C25H17N3O7. The van der Waals surface area contributed by atoms with Crippen LogP contribution in [0.15, 0.2) is 72.3 Å². The fourth-order valence-corrected chi connectivity index (χ4v) is 3.95. The molecular weight excluding hydrogens is 454 g/mol. The van der Waals surface area contributed by atoms with Crippen molar-refractivity contribution < 1.29 is 29.5 Å². The van der Waals surface area contributed by atoms with E-state index in [-0.39, 0.29) is 28.1 Å². The minimum Gasteiger partial charge on any atom is -0.507 e. The number of aliphatic hydroxyl groups excluding tert-OH is 1. The van der Waals surface area contributed by atoms with Crippen molar-refractivity contribution in [1.82, 2.24) is 0 Å². The number of nitro groups is 1. The SMILES string of the molecule is COc1ccccc1/C(O)=C1/C(=O)C(=O)N(c2ccc(C#N)cc2)C1c1ccc(O)c([N+](=O)[O-])c1. The molecule has 1 unspecified atom stereocenters. The Kier molecular flexibility index (Phi) is 5.91. The topological polar surface area (TPSA) is 154 Å². The molecule has 174 valence electrons. The van der Waals surface area contributed by atoms with Crippen LogP contribution in [0.3, 0.4) is 0 Å². The van der Waals surface area contributed by atoms with Crippen molar-refractivity contribution in [3.63, 3.8) is 0 Å². The van der Waals surface area contributed by atoms with Crippen LogP contribution in [-0.4, -0.2) is 33.9 Å². The number of para-hydroxylation sites is 1. The van der Waals surface area contributed by atoms with E-state index in [1.165, 1.54) is 43.5 Å². The molecule has 10 heteroatoms. The number of carbonyl (C=O) groups excluding carboxylic acids is 2. The standard InChI is InChI=1S/C25H17N3O7/c1-35-20-5-3-2-4-17(20)23(30)21-22(15-8-11-19(29)18(12-15)28(33)34)27(25(32)24(21)31)16-9-6-14(13-26)7-10-16/h2-12,22,29-30H,1H3/b23-21-. The van der Waals surface area contributed by atoms with Crippen molar-refractivity contribution in [2.75, 3.05) is 12.0 Å². The Morgan fingerprint density at radius 1 is 1.11 bits per heavy atom. The minimum atomic E-state index is -1.27. The van der Waals surface area contributed by atoms with E-state index >= 15 is 0 Å². The number of Topliss-reactive ketones (excluding diaryl/α,β-unsaturated/α-hetero) is 1. The first-order valence-corrected chi connectivity index (χ1v) is 10.2. The zero-order valence-corrected chi connectivity index (χ0v) is 18.2. The molecule has 1 saturated heterocycles. The van der Waals surface area contributed by atoms with Gasteiger partial charge in [-0.15, -0.1) is 0 Å². The smallest absolute Gasteiger partial charge is 0.311 e. The molecule has 1 amide bonds. The van der Waals surface area contributed by atoms with E-state index < -0.39 is 39.9 Å². The molecule has 0 radical (unpaired) electrons. The highest BCUT2D eigenvalue weighted by molar-refractivity contribution is 6.51. The Bertz CT molecular complexity index is 1440. The minimum absolute atomic E-state index is 0.106. The number of ketones is 1. The second-order valence-electron chi connectivity index (χ2n) is 7.53. The van der Waals surface area contributed by atoms with Crippen molar-refractivity contribution in [3.05, 3.63) is 99.1 Å². The van der Waals surface area contributed by atoms with Crippen molar-refractivity contribution in [2.45, 2.75) is 6.04 Å². The van der Waals surface area contributed by atoms with Crippen molar-refractivity contribution in [2.24, 2.45) is 0 Å². The number of carbonyl (C=O) groups is 2. The number of hydrogen-bond donors (Lipinski definition) is 2. The predicted octanol–water partition coefficient (Wildman–Crippen LogP) is 3.81. The maximum atomic E-state index is 13.2. The van der Waals surface area contributed by atoms with Gasteiger partial charge in [-0.05, 0) is 48.0 Å². The Hall–Kier alpha value is -5.17. The molecule has 35 heavy (non-hydrogen) atoms. The molecule has 1 aliphatic heterocycles. The number of anilines is 1. The summed E-state index contributed by atoms with van der Waals surface area (Å²) in [5.74, 6) is -2.88. The van der Waals surface area contributed by atoms with E-state index in [0.717, 1.165) is 17.0 Å². The van der Waals surface area contributed by atoms with Gasteiger partial charge in [0.2, 0.25) is 0 Å². The van der Waals surface area contributed by atoms with Gasteiger partial charge in [-0.3, -0.25) is 24.6 Å². The number of rotatable bonds is 5. The number of benzene rings is 3. The Morgan fingerprint density at radius 2 is 1.80 bits per heavy atom. The maximum Gasteiger partial charge on any atom is 0.311 e. The van der Waals surface area contributed by atoms with E-state index in [1.807, 2.05) is 6.07 Å². The van der Waals surface area contributed by atoms with Gasteiger partial charge < -0.3 is 14.9 Å². The van der Waals surface area contributed by atoms with Gasteiger partial charge in [0, 0.05) is 11.8 Å². The summed E-state index contributed by atoms with van der Waals surface area (Å²) in [5.41, 5.74) is -0.156. The van der Waals surface area contributed by atoms with E-state index in [2.05, 4.69) is 0 Å². The molecule has 0 aromatic heterocycles. The number of aromatic hydroxyl groups is 1. The second-order valence-corrected chi connectivity index (χ2v) is 7.53. The number of nitro benzene ring substituents is 1. The number of phenols is 1. The van der Waals surface area contributed by atoms with E-state index in [9.17, 15) is 29.9 Å². The molecule has 0 aliphatic carbocycles. The zero-order chi connectivity index (χ0) is 25.3. The highest BCUT2D eigenvalue weighted by atomic mass is 16.6. The number of nitrogens with zero attached hydrogens (tertiary/aromatic N) is 3. The predicted molar refractivity (Wildman–Crippen MR) is 124 cm³/mol. The number of nitriles is 1. The Morgan fingerprint density at radius 3 is 2.43 bits per heavy atom. The number of methoxy groups -OCH3 is 1. The van der Waals surface area contributed by atoms with E-state index in [1.54, 1.807) is 18.2 Å². The summed E-state index contributed by atoms with van der Waals surface area (Å²) in [4.78, 5) is 38.1. The molecule has 0 bridgehead atoms. The number of aliphatic hydroxyl groups is 1. The van der Waals surface area contributed by atoms with Crippen LogP contribution in [0.1, 0.15) is 22.7 Å². The van der Waals surface area contributed by atoms with Gasteiger partial charge in [0.15, 0.2) is 5.75 Å². The zero-order valence-electron chi connectivity index (χ0n) is 18.2. The molecule has 4 rings (SSSR count). The highest BCUT2D eigenvalue weighted by Gasteiger charge is 2.47. The first kappa shape index (κ1) is 23.0. The third-order valence-electron chi connectivity index (χ3n) is 5.59.